The molecule has 0 spiro atoms. The van der Waals surface area contributed by atoms with Crippen LogP contribution in [0.15, 0.2) is 42.5 Å². The van der Waals surface area contributed by atoms with Crippen LogP contribution in [-0.4, -0.2) is 15.9 Å². The molecule has 1 heterocycles. The molecule has 0 saturated heterocycles. The number of carbonyl (C=O) groups excluding carboxylic acids is 1. The van der Waals surface area contributed by atoms with Crippen molar-refractivity contribution in [3.8, 4) is 0 Å². The normalized spacial score (nSPS) is 10.6. The van der Waals surface area contributed by atoms with Crippen molar-refractivity contribution in [2.24, 2.45) is 0 Å². The van der Waals surface area contributed by atoms with Crippen LogP contribution >= 0.6 is 0 Å². The van der Waals surface area contributed by atoms with Crippen molar-refractivity contribution in [1.29, 1.82) is 0 Å². The minimum absolute atomic E-state index is 0.256. The second kappa shape index (κ2) is 7.58. The van der Waals surface area contributed by atoms with E-state index in [4.69, 9.17) is 0 Å². The average molecular weight is 360 g/mol. The lowest BCUT2D eigenvalue weighted by Crippen LogP contribution is -2.16. The number of nitrogens with one attached hydrogen (secondary N) is 2. The van der Waals surface area contributed by atoms with Gasteiger partial charge in [0.05, 0.1) is 0 Å². The maximum atomic E-state index is 12.7. The Morgan fingerprint density at radius 3 is 2.19 bits per heavy atom. The van der Waals surface area contributed by atoms with E-state index >= 15 is 0 Å². The Labute approximate surface area is 159 Å². The summed E-state index contributed by atoms with van der Waals surface area (Å²) in [6.45, 7) is 9.97. The predicted molar refractivity (Wildman–Crippen MR) is 110 cm³/mol. The summed E-state index contributed by atoms with van der Waals surface area (Å²) >= 11 is 0. The lowest BCUT2D eigenvalue weighted by atomic mass is 10.1. The third kappa shape index (κ3) is 4.31. The summed E-state index contributed by atoms with van der Waals surface area (Å²) in [5.41, 5.74) is 7.28. The molecule has 0 aliphatic heterocycles. The van der Waals surface area contributed by atoms with Crippen molar-refractivity contribution >= 4 is 23.2 Å². The van der Waals surface area contributed by atoms with Gasteiger partial charge in [-0.05, 0) is 75.1 Å². The summed E-state index contributed by atoms with van der Waals surface area (Å²) in [6.07, 6.45) is 0. The first-order valence-electron chi connectivity index (χ1n) is 8.91. The van der Waals surface area contributed by atoms with Crippen molar-refractivity contribution in [3.05, 3.63) is 76.1 Å². The molecule has 1 amide bonds. The van der Waals surface area contributed by atoms with Crippen molar-refractivity contribution < 1.29 is 4.79 Å². The smallest absolute Gasteiger partial charge is 0.274 e. The molecule has 3 rings (SSSR count). The lowest BCUT2D eigenvalue weighted by Gasteiger charge is -2.13. The number of amides is 1. The number of para-hydroxylation sites is 1. The third-order valence-electron chi connectivity index (χ3n) is 4.57. The lowest BCUT2D eigenvalue weighted by molar-refractivity contribution is 0.102. The fraction of sp³-hybridized carbons (Fsp3) is 0.227. The van der Waals surface area contributed by atoms with E-state index in [2.05, 4.69) is 20.6 Å². The Hall–Kier alpha value is -3.21. The number of anilines is 3. The molecule has 2 N–H and O–H groups in total. The minimum atomic E-state index is -0.256. The van der Waals surface area contributed by atoms with E-state index in [-0.39, 0.29) is 5.91 Å². The van der Waals surface area contributed by atoms with E-state index in [1.165, 1.54) is 5.56 Å². The van der Waals surface area contributed by atoms with Gasteiger partial charge in [0.25, 0.3) is 5.91 Å². The topological polar surface area (TPSA) is 66.9 Å². The third-order valence-corrected chi connectivity index (χ3v) is 4.57. The van der Waals surface area contributed by atoms with E-state index in [0.717, 1.165) is 33.8 Å². The van der Waals surface area contributed by atoms with Crippen molar-refractivity contribution in [2.75, 3.05) is 10.6 Å². The fourth-order valence-corrected chi connectivity index (χ4v) is 2.88. The molecule has 0 bridgehead atoms. The molecule has 0 unspecified atom stereocenters. The van der Waals surface area contributed by atoms with Crippen molar-refractivity contribution in [3.63, 3.8) is 0 Å². The molecular formula is C22H24N4O. The van der Waals surface area contributed by atoms with Gasteiger partial charge in [-0.3, -0.25) is 4.79 Å². The zero-order valence-corrected chi connectivity index (χ0v) is 16.3. The van der Waals surface area contributed by atoms with Gasteiger partial charge in [-0.1, -0.05) is 24.3 Å². The molecule has 0 aliphatic rings. The molecule has 0 saturated carbocycles. The Kier molecular flexibility index (Phi) is 5.21. The highest BCUT2D eigenvalue weighted by atomic mass is 16.1. The monoisotopic (exact) mass is 360 g/mol. The van der Waals surface area contributed by atoms with Crippen LogP contribution in [0.25, 0.3) is 0 Å². The molecule has 5 heteroatoms. The van der Waals surface area contributed by atoms with Crippen LogP contribution in [0, 0.1) is 34.6 Å². The van der Waals surface area contributed by atoms with Crippen LogP contribution < -0.4 is 10.6 Å². The molecular weight excluding hydrogens is 336 g/mol. The predicted octanol–water partition coefficient (Wildman–Crippen LogP) is 5.01. The molecule has 3 aromatic rings. The molecule has 2 aromatic carbocycles. The summed E-state index contributed by atoms with van der Waals surface area (Å²) in [4.78, 5) is 21.5. The molecule has 1 aromatic heterocycles. The molecule has 138 valence electrons. The first-order valence-corrected chi connectivity index (χ1v) is 8.91. The minimum Gasteiger partial charge on any atom is -0.324 e. The summed E-state index contributed by atoms with van der Waals surface area (Å²) < 4.78 is 0. The number of benzene rings is 2. The number of hydrogen-bond donors (Lipinski definition) is 2. The SMILES string of the molecule is Cc1cc(C(=O)Nc2ccc(C)c(C)c2)nc(Nc2c(C)cccc2C)n1. The maximum absolute atomic E-state index is 12.7. The molecule has 27 heavy (non-hydrogen) atoms. The van der Waals surface area contributed by atoms with E-state index in [1.807, 2.05) is 71.0 Å². The van der Waals surface area contributed by atoms with Gasteiger partial charge in [0.15, 0.2) is 0 Å². The molecule has 5 nitrogen and oxygen atoms in total. The molecule has 0 radical (unpaired) electrons. The van der Waals surface area contributed by atoms with E-state index in [9.17, 15) is 4.79 Å². The largest absolute Gasteiger partial charge is 0.324 e. The average Bonchev–Trinajstić information content (AvgIpc) is 2.61. The highest BCUT2D eigenvalue weighted by molar-refractivity contribution is 6.03. The number of hydrogen-bond acceptors (Lipinski definition) is 4. The number of carbonyl (C=O) groups is 1. The van der Waals surface area contributed by atoms with Crippen molar-refractivity contribution in [2.45, 2.75) is 34.6 Å². The Bertz CT molecular complexity index is 991. The van der Waals surface area contributed by atoms with E-state index in [1.54, 1.807) is 6.07 Å². The molecule has 0 aliphatic carbocycles. The zero-order valence-electron chi connectivity index (χ0n) is 16.3. The number of aromatic nitrogens is 2. The van der Waals surface area contributed by atoms with Crippen LogP contribution in [-0.2, 0) is 0 Å². The fourth-order valence-electron chi connectivity index (χ4n) is 2.88. The summed E-state index contributed by atoms with van der Waals surface area (Å²) in [5.74, 6) is 0.158. The number of nitrogens with zero attached hydrogens (tertiary/aromatic N) is 2. The Morgan fingerprint density at radius 1 is 0.815 bits per heavy atom. The summed E-state index contributed by atoms with van der Waals surface area (Å²) in [6, 6.07) is 13.6. The van der Waals surface area contributed by atoms with Crippen LogP contribution in [0.4, 0.5) is 17.3 Å². The highest BCUT2D eigenvalue weighted by Crippen LogP contribution is 2.23. The first kappa shape index (κ1) is 18.6. The standard InChI is InChI=1S/C22H24N4O/c1-13-9-10-18(11-16(13)4)24-21(27)19-12-17(5)23-22(25-19)26-20-14(2)7-6-8-15(20)3/h6-12H,1-5H3,(H,24,27)(H,23,25,26). The van der Waals surface area contributed by atoms with Crippen molar-refractivity contribution in [1.82, 2.24) is 9.97 Å². The van der Waals surface area contributed by atoms with Crippen LogP contribution in [0.5, 0.6) is 0 Å². The van der Waals surface area contributed by atoms with Gasteiger partial charge >= 0.3 is 0 Å². The number of aryl methyl sites for hydroxylation is 5. The highest BCUT2D eigenvalue weighted by Gasteiger charge is 2.13. The molecule has 0 fully saturated rings. The van der Waals surface area contributed by atoms with Crippen LogP contribution in [0.2, 0.25) is 0 Å². The first-order chi connectivity index (χ1) is 12.8. The van der Waals surface area contributed by atoms with Crippen LogP contribution in [0.3, 0.4) is 0 Å². The van der Waals surface area contributed by atoms with Gasteiger partial charge in [-0.2, -0.15) is 0 Å². The van der Waals surface area contributed by atoms with E-state index in [0.29, 0.717) is 11.6 Å². The van der Waals surface area contributed by atoms with Gasteiger partial charge in [-0.15, -0.1) is 0 Å². The van der Waals surface area contributed by atoms with Gasteiger partial charge < -0.3 is 10.6 Å². The van der Waals surface area contributed by atoms with Gasteiger partial charge in [-0.25, -0.2) is 9.97 Å². The maximum Gasteiger partial charge on any atom is 0.274 e. The molecule has 0 atom stereocenters. The second-order valence-corrected chi connectivity index (χ2v) is 6.86. The second-order valence-electron chi connectivity index (χ2n) is 6.86. The Morgan fingerprint density at radius 2 is 1.52 bits per heavy atom. The quantitative estimate of drug-likeness (QED) is 0.686. The number of rotatable bonds is 4. The zero-order chi connectivity index (χ0) is 19.6. The van der Waals surface area contributed by atoms with E-state index < -0.39 is 0 Å². The van der Waals surface area contributed by atoms with Crippen LogP contribution in [0.1, 0.15) is 38.4 Å². The van der Waals surface area contributed by atoms with Gasteiger partial charge in [0.2, 0.25) is 5.95 Å². The summed E-state index contributed by atoms with van der Waals surface area (Å²) in [7, 11) is 0. The van der Waals surface area contributed by atoms with Gasteiger partial charge in [0, 0.05) is 17.1 Å². The Balaban J connectivity index is 1.86. The summed E-state index contributed by atoms with van der Waals surface area (Å²) in [5, 5.41) is 6.17. The van der Waals surface area contributed by atoms with Gasteiger partial charge in [0.1, 0.15) is 5.69 Å².